The monoisotopic (exact) mass is 684 g/mol. The summed E-state index contributed by atoms with van der Waals surface area (Å²) in [6.45, 7) is 0. The van der Waals surface area contributed by atoms with Crippen LogP contribution in [0.5, 0.6) is 0 Å². The van der Waals surface area contributed by atoms with Gasteiger partial charge in [0.1, 0.15) is 5.82 Å². The highest BCUT2D eigenvalue weighted by atomic mass is 32.1. The van der Waals surface area contributed by atoms with Crippen molar-refractivity contribution < 1.29 is 0 Å². The lowest BCUT2D eigenvalue weighted by atomic mass is 9.99. The van der Waals surface area contributed by atoms with Gasteiger partial charge in [-0.3, -0.25) is 4.57 Å². The summed E-state index contributed by atoms with van der Waals surface area (Å²) in [6, 6.07) is 61.8. The van der Waals surface area contributed by atoms with Gasteiger partial charge >= 0.3 is 0 Å². The SMILES string of the molecule is c1ccc(-c2ccc(-c3cc(-c4cccc5c4sc4ccccc45)nc(-n4c5ccccc5c5cc6sc7ccccc7c6cc54)c3)cc2)cc1. The van der Waals surface area contributed by atoms with Crippen molar-refractivity contribution in [2.24, 2.45) is 0 Å². The summed E-state index contributed by atoms with van der Waals surface area (Å²) in [7, 11) is 0. The maximum Gasteiger partial charge on any atom is 0.138 e. The van der Waals surface area contributed by atoms with E-state index in [0.717, 1.165) is 33.7 Å². The van der Waals surface area contributed by atoms with E-state index in [1.807, 2.05) is 22.7 Å². The van der Waals surface area contributed by atoms with Gasteiger partial charge < -0.3 is 0 Å². The van der Waals surface area contributed by atoms with E-state index in [2.05, 4.69) is 174 Å². The first-order valence-corrected chi connectivity index (χ1v) is 18.8. The van der Waals surface area contributed by atoms with Crippen LogP contribution in [0.15, 0.2) is 170 Å². The molecule has 4 heterocycles. The molecule has 0 N–H and O–H groups in total. The van der Waals surface area contributed by atoms with E-state index in [1.54, 1.807) is 0 Å². The van der Waals surface area contributed by atoms with Gasteiger partial charge in [0.2, 0.25) is 0 Å². The molecule has 7 aromatic carbocycles. The van der Waals surface area contributed by atoms with E-state index in [1.165, 1.54) is 67.8 Å². The van der Waals surface area contributed by atoms with E-state index >= 15 is 0 Å². The second-order valence-electron chi connectivity index (χ2n) is 13.1. The van der Waals surface area contributed by atoms with Gasteiger partial charge in [0.15, 0.2) is 0 Å². The number of thiophene rings is 2. The largest absolute Gasteiger partial charge is 0.294 e. The van der Waals surface area contributed by atoms with Gasteiger partial charge in [-0.1, -0.05) is 127 Å². The van der Waals surface area contributed by atoms with Gasteiger partial charge in [-0.25, -0.2) is 4.98 Å². The van der Waals surface area contributed by atoms with Crippen LogP contribution in [0.3, 0.4) is 0 Å². The molecule has 2 nitrogen and oxygen atoms in total. The van der Waals surface area contributed by atoms with Crippen molar-refractivity contribution in [3.05, 3.63) is 170 Å². The number of fused-ring (bicyclic) bond motifs is 9. The first kappa shape index (κ1) is 28.7. The Kier molecular flexibility index (Phi) is 6.32. The molecular weight excluding hydrogens is 657 g/mol. The number of para-hydroxylation sites is 1. The maximum absolute atomic E-state index is 5.56. The van der Waals surface area contributed by atoms with Crippen LogP contribution in [0.1, 0.15) is 0 Å². The molecule has 0 aliphatic heterocycles. The van der Waals surface area contributed by atoms with Gasteiger partial charge in [0.25, 0.3) is 0 Å². The molecule has 0 aliphatic rings. The summed E-state index contributed by atoms with van der Waals surface area (Å²) in [5.41, 5.74) is 9.18. The molecule has 0 aliphatic carbocycles. The Morgan fingerprint density at radius 1 is 0.373 bits per heavy atom. The Morgan fingerprint density at radius 3 is 1.80 bits per heavy atom. The minimum atomic E-state index is 0.915. The van der Waals surface area contributed by atoms with Crippen LogP contribution >= 0.6 is 22.7 Å². The Hall–Kier alpha value is -6.07. The third-order valence-corrected chi connectivity index (χ3v) is 12.6. The fraction of sp³-hybridized carbons (Fsp3) is 0. The molecule has 0 radical (unpaired) electrons. The number of pyridine rings is 1. The number of hydrogen-bond donors (Lipinski definition) is 0. The molecular formula is C47H28N2S2. The number of hydrogen-bond acceptors (Lipinski definition) is 3. The predicted molar refractivity (Wildman–Crippen MR) is 221 cm³/mol. The van der Waals surface area contributed by atoms with Crippen LogP contribution in [0, 0.1) is 0 Å². The average molecular weight is 685 g/mol. The molecule has 4 aromatic heterocycles. The third kappa shape index (κ3) is 4.51. The van der Waals surface area contributed by atoms with Gasteiger partial charge in [-0.05, 0) is 64.7 Å². The van der Waals surface area contributed by atoms with Crippen molar-refractivity contribution in [2.45, 2.75) is 0 Å². The first-order valence-electron chi connectivity index (χ1n) is 17.2. The minimum Gasteiger partial charge on any atom is -0.294 e. The van der Waals surface area contributed by atoms with E-state index in [0.29, 0.717) is 0 Å². The summed E-state index contributed by atoms with van der Waals surface area (Å²) in [6.07, 6.45) is 0. The number of nitrogens with zero attached hydrogens (tertiary/aromatic N) is 2. The van der Waals surface area contributed by atoms with Crippen LogP contribution in [0.25, 0.3) is 101 Å². The molecule has 238 valence electrons. The Labute approximate surface area is 302 Å². The summed E-state index contributed by atoms with van der Waals surface area (Å²) < 4.78 is 7.56. The Bertz CT molecular complexity index is 3130. The van der Waals surface area contributed by atoms with Crippen LogP contribution in [0.2, 0.25) is 0 Å². The van der Waals surface area contributed by atoms with Crippen molar-refractivity contribution in [3.8, 4) is 39.3 Å². The molecule has 11 aromatic rings. The van der Waals surface area contributed by atoms with Crippen molar-refractivity contribution in [1.29, 1.82) is 0 Å². The highest BCUT2D eigenvalue weighted by Gasteiger charge is 2.19. The van der Waals surface area contributed by atoms with Gasteiger partial charge in [0.05, 0.1) is 16.7 Å². The molecule has 0 saturated carbocycles. The summed E-state index contributed by atoms with van der Waals surface area (Å²) >= 11 is 3.72. The Morgan fingerprint density at radius 2 is 1.00 bits per heavy atom. The zero-order valence-electron chi connectivity index (χ0n) is 27.4. The fourth-order valence-corrected chi connectivity index (χ4v) is 10.2. The van der Waals surface area contributed by atoms with Gasteiger partial charge in [-0.2, -0.15) is 0 Å². The summed E-state index contributed by atoms with van der Waals surface area (Å²) in [5.74, 6) is 0.915. The zero-order valence-corrected chi connectivity index (χ0v) is 29.0. The van der Waals surface area contributed by atoms with E-state index in [-0.39, 0.29) is 0 Å². The molecule has 0 atom stereocenters. The minimum absolute atomic E-state index is 0.915. The van der Waals surface area contributed by atoms with Crippen molar-refractivity contribution in [3.63, 3.8) is 0 Å². The molecule has 51 heavy (non-hydrogen) atoms. The zero-order chi connectivity index (χ0) is 33.5. The van der Waals surface area contributed by atoms with Crippen molar-refractivity contribution >= 4 is 84.8 Å². The topological polar surface area (TPSA) is 17.8 Å². The van der Waals surface area contributed by atoms with Crippen LogP contribution in [-0.4, -0.2) is 9.55 Å². The van der Waals surface area contributed by atoms with Crippen molar-refractivity contribution in [2.75, 3.05) is 0 Å². The summed E-state index contributed by atoms with van der Waals surface area (Å²) in [4.78, 5) is 5.56. The standard InChI is InChI=1S/C47H28N2S2/c1-2-11-29(12-3-1)30-21-23-31(24-22-30)32-25-40(37-17-10-16-36-34-14-5-9-20-44(34)51-47(36)37)48-46(26-32)49-41-18-7-4-13-33(41)38-28-45-39(27-42(38)49)35-15-6-8-19-43(35)50-45/h1-28H. The highest BCUT2D eigenvalue weighted by Crippen LogP contribution is 2.43. The quantitative estimate of drug-likeness (QED) is 0.180. The lowest BCUT2D eigenvalue weighted by Gasteiger charge is -2.14. The van der Waals surface area contributed by atoms with Gasteiger partial charge in [-0.15, -0.1) is 22.7 Å². The lowest BCUT2D eigenvalue weighted by Crippen LogP contribution is -2.00. The van der Waals surface area contributed by atoms with E-state index in [4.69, 9.17) is 4.98 Å². The molecule has 0 unspecified atom stereocenters. The Balaban J connectivity index is 1.20. The number of benzene rings is 7. The molecule has 0 bridgehead atoms. The normalized spacial score (nSPS) is 11.9. The number of rotatable bonds is 4. The molecule has 0 spiro atoms. The van der Waals surface area contributed by atoms with Gasteiger partial charge in [0, 0.05) is 56.7 Å². The van der Waals surface area contributed by atoms with Crippen LogP contribution < -0.4 is 0 Å². The second-order valence-corrected chi connectivity index (χ2v) is 15.3. The predicted octanol–water partition coefficient (Wildman–Crippen LogP) is 13.9. The highest BCUT2D eigenvalue weighted by molar-refractivity contribution is 7.26. The lowest BCUT2D eigenvalue weighted by molar-refractivity contribution is 1.09. The third-order valence-electron chi connectivity index (χ3n) is 10.2. The van der Waals surface area contributed by atoms with E-state index in [9.17, 15) is 0 Å². The van der Waals surface area contributed by atoms with Crippen molar-refractivity contribution in [1.82, 2.24) is 9.55 Å². The fourth-order valence-electron chi connectivity index (χ4n) is 7.80. The number of aromatic nitrogens is 2. The maximum atomic E-state index is 5.56. The molecule has 4 heteroatoms. The smallest absolute Gasteiger partial charge is 0.138 e. The molecule has 0 fully saturated rings. The van der Waals surface area contributed by atoms with E-state index < -0.39 is 0 Å². The molecule has 0 saturated heterocycles. The van der Waals surface area contributed by atoms with Crippen LogP contribution in [0.4, 0.5) is 0 Å². The molecule has 0 amide bonds. The summed E-state index contributed by atoms with van der Waals surface area (Å²) in [5, 5.41) is 7.64. The molecule has 11 rings (SSSR count). The first-order chi connectivity index (χ1) is 25.3. The second kappa shape index (κ2) is 11.2. The van der Waals surface area contributed by atoms with Crippen LogP contribution in [-0.2, 0) is 0 Å². The average Bonchev–Trinajstić information content (AvgIpc) is 3.86.